The second kappa shape index (κ2) is 6.51. The van der Waals surface area contributed by atoms with Gasteiger partial charge in [-0.15, -0.1) is 0 Å². The molecule has 0 rings (SSSR count). The molecular weight excluding hydrogens is 186 g/mol. The van der Waals surface area contributed by atoms with Crippen molar-refractivity contribution >= 4 is 10.8 Å². The topological polar surface area (TPSA) is 63.3 Å². The van der Waals surface area contributed by atoms with E-state index < -0.39 is 10.8 Å². The van der Waals surface area contributed by atoms with Gasteiger partial charge in [0.05, 0.1) is 0 Å². The lowest BCUT2D eigenvalue weighted by molar-refractivity contribution is 0.279. The average Bonchev–Trinajstić information content (AvgIpc) is 2.03. The fourth-order valence-corrected chi connectivity index (χ4v) is 2.41. The van der Waals surface area contributed by atoms with E-state index in [9.17, 15) is 4.21 Å². The lowest BCUT2D eigenvalue weighted by Gasteiger charge is -2.17. The molecule has 0 saturated heterocycles. The molecule has 0 spiro atoms. The summed E-state index contributed by atoms with van der Waals surface area (Å²) >= 11 is 0. The highest BCUT2D eigenvalue weighted by molar-refractivity contribution is 7.85. The predicted octanol–water partition coefficient (Wildman–Crippen LogP) is 0.489. The average molecular weight is 207 g/mol. The molecule has 3 nitrogen and oxygen atoms in total. The van der Waals surface area contributed by atoms with Crippen LogP contribution in [0.3, 0.4) is 0 Å². The Morgan fingerprint density at radius 2 is 1.92 bits per heavy atom. The van der Waals surface area contributed by atoms with Gasteiger partial charge in [0.2, 0.25) is 0 Å². The van der Waals surface area contributed by atoms with Crippen molar-refractivity contribution in [3.05, 3.63) is 0 Å². The Hall–Kier alpha value is 0.0700. The van der Waals surface area contributed by atoms with Crippen molar-refractivity contribution in [2.75, 3.05) is 12.4 Å². The third-order valence-corrected chi connectivity index (χ3v) is 4.36. The van der Waals surface area contributed by atoms with Crippen LogP contribution >= 0.6 is 0 Å². The van der Waals surface area contributed by atoms with Crippen molar-refractivity contribution in [2.24, 2.45) is 11.7 Å². The van der Waals surface area contributed by atoms with Crippen molar-refractivity contribution in [3.8, 4) is 0 Å². The molecule has 3 atom stereocenters. The van der Waals surface area contributed by atoms with E-state index in [1.54, 1.807) is 0 Å². The molecule has 0 fully saturated rings. The smallest absolute Gasteiger partial charge is 0.0446 e. The quantitative estimate of drug-likeness (QED) is 0.666. The van der Waals surface area contributed by atoms with Crippen molar-refractivity contribution in [3.63, 3.8) is 0 Å². The van der Waals surface area contributed by atoms with Crippen LogP contribution in [0.5, 0.6) is 0 Å². The molecule has 0 radical (unpaired) electrons. The van der Waals surface area contributed by atoms with Gasteiger partial charge >= 0.3 is 0 Å². The molecule has 0 aliphatic carbocycles. The van der Waals surface area contributed by atoms with Gasteiger partial charge in [0, 0.05) is 34.5 Å². The fourth-order valence-electron chi connectivity index (χ4n) is 0.915. The minimum Gasteiger partial charge on any atom is -0.396 e. The molecule has 80 valence electrons. The summed E-state index contributed by atoms with van der Waals surface area (Å²) in [6.45, 7) is 6.17. The zero-order chi connectivity index (χ0) is 10.4. The van der Waals surface area contributed by atoms with Crippen molar-refractivity contribution in [2.45, 2.75) is 38.5 Å². The molecule has 0 amide bonds. The second-order valence-corrected chi connectivity index (χ2v) is 5.61. The van der Waals surface area contributed by atoms with Crippen LogP contribution in [0.25, 0.3) is 0 Å². The molecule has 0 aromatic heterocycles. The lowest BCUT2D eigenvalue weighted by atomic mass is 10.2. The van der Waals surface area contributed by atoms with Gasteiger partial charge in [0.15, 0.2) is 0 Å². The summed E-state index contributed by atoms with van der Waals surface area (Å²) in [5, 5.41) is 8.80. The van der Waals surface area contributed by atoms with Crippen LogP contribution in [0.4, 0.5) is 0 Å². The fraction of sp³-hybridized carbons (Fsp3) is 1.00. The van der Waals surface area contributed by atoms with Gasteiger partial charge in [0.25, 0.3) is 0 Å². The van der Waals surface area contributed by atoms with Crippen LogP contribution in [0, 0.1) is 5.92 Å². The molecule has 3 unspecified atom stereocenters. The number of aliphatic hydroxyl groups excluding tert-OH is 1. The highest BCUT2D eigenvalue weighted by atomic mass is 32.2. The van der Waals surface area contributed by atoms with E-state index >= 15 is 0 Å². The highest BCUT2D eigenvalue weighted by Gasteiger charge is 2.17. The number of rotatable bonds is 6. The summed E-state index contributed by atoms with van der Waals surface area (Å²) in [5.41, 5.74) is 5.67. The molecule has 0 aliphatic rings. The maximum atomic E-state index is 11.6. The number of hydrogen-bond donors (Lipinski definition) is 2. The maximum absolute atomic E-state index is 11.6. The van der Waals surface area contributed by atoms with E-state index in [4.69, 9.17) is 10.8 Å². The molecule has 3 N–H and O–H groups in total. The lowest BCUT2D eigenvalue weighted by Crippen LogP contribution is -2.32. The Balaban J connectivity index is 3.85. The molecule has 13 heavy (non-hydrogen) atoms. The maximum Gasteiger partial charge on any atom is 0.0446 e. The van der Waals surface area contributed by atoms with E-state index in [2.05, 4.69) is 13.8 Å². The van der Waals surface area contributed by atoms with Gasteiger partial charge in [0.1, 0.15) is 0 Å². The van der Waals surface area contributed by atoms with Crippen LogP contribution in [-0.2, 0) is 10.8 Å². The van der Waals surface area contributed by atoms with E-state index in [1.807, 2.05) is 6.92 Å². The predicted molar refractivity (Wildman–Crippen MR) is 57.0 cm³/mol. The molecular formula is C9H21NO2S. The summed E-state index contributed by atoms with van der Waals surface area (Å²) < 4.78 is 11.6. The van der Waals surface area contributed by atoms with Gasteiger partial charge in [-0.3, -0.25) is 4.21 Å². The van der Waals surface area contributed by atoms with Gasteiger partial charge in [-0.25, -0.2) is 0 Å². The largest absolute Gasteiger partial charge is 0.396 e. The summed E-state index contributed by atoms with van der Waals surface area (Å²) in [5.74, 6) is 0.919. The zero-order valence-corrected chi connectivity index (χ0v) is 9.51. The SMILES string of the molecule is CC(C)C(C)S(=O)CC(N)CCO. The molecule has 0 heterocycles. The van der Waals surface area contributed by atoms with Gasteiger partial charge < -0.3 is 10.8 Å². The van der Waals surface area contributed by atoms with E-state index in [0.29, 0.717) is 18.1 Å². The summed E-state index contributed by atoms with van der Waals surface area (Å²) in [4.78, 5) is 0. The highest BCUT2D eigenvalue weighted by Crippen LogP contribution is 2.09. The normalized spacial score (nSPS) is 18.6. The van der Waals surface area contributed by atoms with E-state index in [-0.39, 0.29) is 17.9 Å². The summed E-state index contributed by atoms with van der Waals surface area (Å²) in [6, 6.07) is -0.132. The Labute approximate surface area is 83.2 Å². The van der Waals surface area contributed by atoms with Crippen LogP contribution in [0.15, 0.2) is 0 Å². The van der Waals surface area contributed by atoms with Gasteiger partial charge in [-0.05, 0) is 12.3 Å². The molecule has 4 heteroatoms. The summed E-state index contributed by atoms with van der Waals surface area (Å²) in [7, 11) is -0.863. The van der Waals surface area contributed by atoms with Crippen molar-refractivity contribution < 1.29 is 9.32 Å². The summed E-state index contributed by atoms with van der Waals surface area (Å²) in [6.07, 6.45) is 0.538. The molecule has 0 bridgehead atoms. The monoisotopic (exact) mass is 207 g/mol. The van der Waals surface area contributed by atoms with E-state index in [0.717, 1.165) is 0 Å². The Morgan fingerprint density at radius 1 is 1.38 bits per heavy atom. The first-order valence-corrected chi connectivity index (χ1v) is 6.10. The van der Waals surface area contributed by atoms with Crippen LogP contribution < -0.4 is 5.73 Å². The van der Waals surface area contributed by atoms with Crippen LogP contribution in [-0.4, -0.2) is 33.0 Å². The van der Waals surface area contributed by atoms with Gasteiger partial charge in [-0.1, -0.05) is 20.8 Å². The number of nitrogens with two attached hydrogens (primary N) is 1. The second-order valence-electron chi connectivity index (χ2n) is 3.77. The Kier molecular flexibility index (Phi) is 6.55. The van der Waals surface area contributed by atoms with Gasteiger partial charge in [-0.2, -0.15) is 0 Å². The number of hydrogen-bond acceptors (Lipinski definition) is 3. The first-order chi connectivity index (χ1) is 5.99. The first kappa shape index (κ1) is 13.1. The molecule has 0 saturated carbocycles. The molecule has 0 aromatic rings. The van der Waals surface area contributed by atoms with Crippen molar-refractivity contribution in [1.82, 2.24) is 0 Å². The standard InChI is InChI=1S/C9H21NO2S/c1-7(2)8(3)13(12)6-9(10)4-5-11/h7-9,11H,4-6,10H2,1-3H3. The first-order valence-electron chi connectivity index (χ1n) is 4.72. The Bertz CT molecular complexity index is 162. The minimum absolute atomic E-state index is 0.0778. The third kappa shape index (κ3) is 5.39. The molecule has 0 aromatic carbocycles. The Morgan fingerprint density at radius 3 is 2.31 bits per heavy atom. The van der Waals surface area contributed by atoms with E-state index in [1.165, 1.54) is 0 Å². The van der Waals surface area contributed by atoms with Crippen LogP contribution in [0.1, 0.15) is 27.2 Å². The zero-order valence-electron chi connectivity index (χ0n) is 8.69. The third-order valence-electron chi connectivity index (χ3n) is 2.23. The van der Waals surface area contributed by atoms with Crippen molar-refractivity contribution in [1.29, 1.82) is 0 Å². The molecule has 0 aliphatic heterocycles. The van der Waals surface area contributed by atoms with Crippen LogP contribution in [0.2, 0.25) is 0 Å². The number of aliphatic hydroxyl groups is 1. The minimum atomic E-state index is -0.863.